The van der Waals surface area contributed by atoms with E-state index in [4.69, 9.17) is 0 Å². The molecule has 164 valence electrons. The van der Waals surface area contributed by atoms with Crippen molar-refractivity contribution in [3.8, 4) is 0 Å². The zero-order valence-corrected chi connectivity index (χ0v) is 18.3. The highest BCUT2D eigenvalue weighted by molar-refractivity contribution is 5.92. The zero-order valence-electron chi connectivity index (χ0n) is 18.3. The Morgan fingerprint density at radius 3 is 2.26 bits per heavy atom. The molecule has 1 saturated carbocycles. The smallest absolute Gasteiger partial charge is 0.245 e. The van der Waals surface area contributed by atoms with Crippen LogP contribution in [0.15, 0.2) is 42.5 Å². The van der Waals surface area contributed by atoms with Gasteiger partial charge in [0.1, 0.15) is 6.04 Å². The molecule has 2 fully saturated rings. The van der Waals surface area contributed by atoms with Crippen molar-refractivity contribution in [2.24, 2.45) is 11.8 Å². The van der Waals surface area contributed by atoms with Crippen LogP contribution in [0.3, 0.4) is 0 Å². The van der Waals surface area contributed by atoms with Crippen molar-refractivity contribution in [1.82, 2.24) is 15.1 Å². The number of fused-ring (bicyclic) bond motifs is 1. The van der Waals surface area contributed by atoms with Gasteiger partial charge >= 0.3 is 0 Å². The monoisotopic (exact) mass is 421 g/mol. The van der Waals surface area contributed by atoms with Gasteiger partial charge in [0.2, 0.25) is 17.7 Å². The third-order valence-corrected chi connectivity index (χ3v) is 6.31. The van der Waals surface area contributed by atoms with E-state index in [0.717, 1.165) is 29.2 Å². The highest BCUT2D eigenvalue weighted by Gasteiger charge is 2.36. The number of nitrogens with one attached hydrogen (secondary N) is 1. The molecule has 31 heavy (non-hydrogen) atoms. The summed E-state index contributed by atoms with van der Waals surface area (Å²) in [5.41, 5.74) is 0.956. The van der Waals surface area contributed by atoms with Gasteiger partial charge in [-0.05, 0) is 35.1 Å². The molecule has 2 aromatic carbocycles. The minimum absolute atomic E-state index is 0.0184. The predicted molar refractivity (Wildman–Crippen MR) is 120 cm³/mol. The van der Waals surface area contributed by atoms with Crippen LogP contribution in [-0.4, -0.2) is 59.7 Å². The molecule has 1 N–H and O–H groups in total. The number of hydrogen-bond donors (Lipinski definition) is 1. The van der Waals surface area contributed by atoms with Crippen molar-refractivity contribution in [1.29, 1.82) is 0 Å². The van der Waals surface area contributed by atoms with Crippen molar-refractivity contribution in [3.05, 3.63) is 48.0 Å². The van der Waals surface area contributed by atoms with Gasteiger partial charge in [-0.2, -0.15) is 0 Å². The Morgan fingerprint density at radius 1 is 0.935 bits per heavy atom. The number of piperazine rings is 1. The molecule has 1 atom stereocenters. The van der Waals surface area contributed by atoms with E-state index < -0.39 is 6.04 Å². The lowest BCUT2D eigenvalue weighted by Gasteiger charge is -2.37. The van der Waals surface area contributed by atoms with Gasteiger partial charge in [0.15, 0.2) is 0 Å². The predicted octanol–water partition coefficient (Wildman–Crippen LogP) is 2.60. The minimum atomic E-state index is -0.562. The molecule has 6 heteroatoms. The largest absolute Gasteiger partial charge is 0.344 e. The molecule has 1 saturated heterocycles. The van der Waals surface area contributed by atoms with Crippen molar-refractivity contribution in [2.45, 2.75) is 39.2 Å². The summed E-state index contributed by atoms with van der Waals surface area (Å²) in [6.07, 6.45) is 2.23. The molecule has 0 spiro atoms. The van der Waals surface area contributed by atoms with E-state index in [2.05, 4.69) is 5.32 Å². The number of benzene rings is 2. The van der Waals surface area contributed by atoms with Crippen molar-refractivity contribution in [2.75, 3.05) is 26.2 Å². The minimum Gasteiger partial charge on any atom is -0.344 e. The SMILES string of the molecule is CC(C)C(NC(=O)Cc1cccc2ccccc12)C(=O)N1CCN(C(=O)C2CC2)CC1. The maximum Gasteiger partial charge on any atom is 0.245 e. The highest BCUT2D eigenvalue weighted by atomic mass is 16.2. The second-order valence-electron chi connectivity index (χ2n) is 9.03. The molecule has 1 unspecified atom stereocenters. The molecule has 2 aliphatic rings. The summed E-state index contributed by atoms with van der Waals surface area (Å²) >= 11 is 0. The second-order valence-corrected chi connectivity index (χ2v) is 9.03. The summed E-state index contributed by atoms with van der Waals surface area (Å²) in [4.78, 5) is 41.9. The maximum atomic E-state index is 13.2. The van der Waals surface area contributed by atoms with E-state index in [1.807, 2.05) is 61.2 Å². The van der Waals surface area contributed by atoms with E-state index in [1.165, 1.54) is 0 Å². The van der Waals surface area contributed by atoms with Crippen LogP contribution >= 0.6 is 0 Å². The zero-order chi connectivity index (χ0) is 22.0. The lowest BCUT2D eigenvalue weighted by molar-refractivity contribution is -0.143. The molecule has 6 nitrogen and oxygen atoms in total. The standard InChI is InChI=1S/C25H31N3O3/c1-17(2)23(25(31)28-14-12-27(13-15-28)24(30)19-10-11-19)26-22(29)16-20-8-5-7-18-6-3-4-9-21(18)20/h3-9,17,19,23H,10-16H2,1-2H3,(H,26,29). The lowest BCUT2D eigenvalue weighted by Crippen LogP contribution is -2.57. The number of nitrogens with zero attached hydrogens (tertiary/aromatic N) is 2. The topological polar surface area (TPSA) is 69.7 Å². The molecule has 1 aliphatic carbocycles. The molecule has 0 bridgehead atoms. The second kappa shape index (κ2) is 9.08. The fourth-order valence-electron chi connectivity index (χ4n) is 4.29. The van der Waals surface area contributed by atoms with Gasteiger partial charge in [-0.25, -0.2) is 0 Å². The average molecular weight is 422 g/mol. The molecular formula is C25H31N3O3. The Bertz CT molecular complexity index is 970. The van der Waals surface area contributed by atoms with Crippen LogP contribution in [0.2, 0.25) is 0 Å². The summed E-state index contributed by atoms with van der Waals surface area (Å²) in [6.45, 7) is 6.12. The van der Waals surface area contributed by atoms with E-state index >= 15 is 0 Å². The Balaban J connectivity index is 1.37. The van der Waals surface area contributed by atoms with Gasteiger partial charge in [0, 0.05) is 32.1 Å². The van der Waals surface area contributed by atoms with Gasteiger partial charge in [-0.3, -0.25) is 14.4 Å². The van der Waals surface area contributed by atoms with E-state index in [0.29, 0.717) is 26.2 Å². The van der Waals surface area contributed by atoms with E-state index in [9.17, 15) is 14.4 Å². The van der Waals surface area contributed by atoms with Crippen molar-refractivity contribution in [3.63, 3.8) is 0 Å². The normalized spacial score (nSPS) is 17.6. The molecule has 0 radical (unpaired) electrons. The van der Waals surface area contributed by atoms with Crippen LogP contribution in [-0.2, 0) is 20.8 Å². The summed E-state index contributed by atoms with van der Waals surface area (Å²) in [6, 6.07) is 13.4. The van der Waals surface area contributed by atoms with Gasteiger partial charge in [0.25, 0.3) is 0 Å². The first-order valence-corrected chi connectivity index (χ1v) is 11.3. The third-order valence-electron chi connectivity index (χ3n) is 6.31. The van der Waals surface area contributed by atoms with Crippen LogP contribution in [0, 0.1) is 11.8 Å². The third kappa shape index (κ3) is 4.89. The fourth-order valence-corrected chi connectivity index (χ4v) is 4.29. The molecule has 1 aliphatic heterocycles. The van der Waals surface area contributed by atoms with E-state index in [-0.39, 0.29) is 36.0 Å². The fraction of sp³-hybridized carbons (Fsp3) is 0.480. The van der Waals surface area contributed by atoms with Crippen molar-refractivity contribution >= 4 is 28.5 Å². The van der Waals surface area contributed by atoms with Crippen molar-refractivity contribution < 1.29 is 14.4 Å². The number of amides is 3. The molecule has 0 aromatic heterocycles. The lowest BCUT2D eigenvalue weighted by atomic mass is 9.99. The summed E-state index contributed by atoms with van der Waals surface area (Å²) in [5.74, 6) is 0.218. The summed E-state index contributed by atoms with van der Waals surface area (Å²) in [5, 5.41) is 5.14. The number of rotatable bonds is 6. The number of hydrogen-bond acceptors (Lipinski definition) is 3. The Labute approximate surface area is 183 Å². The van der Waals surface area contributed by atoms with Gasteiger partial charge in [0.05, 0.1) is 6.42 Å². The Kier molecular flexibility index (Phi) is 6.25. The van der Waals surface area contributed by atoms with Crippen LogP contribution < -0.4 is 5.32 Å². The van der Waals surface area contributed by atoms with Crippen LogP contribution in [0.25, 0.3) is 10.8 Å². The summed E-state index contributed by atoms with van der Waals surface area (Å²) < 4.78 is 0. The molecule has 1 heterocycles. The van der Waals surface area contributed by atoms with Crippen LogP contribution in [0.4, 0.5) is 0 Å². The van der Waals surface area contributed by atoms with Crippen LogP contribution in [0.1, 0.15) is 32.3 Å². The first-order valence-electron chi connectivity index (χ1n) is 11.3. The summed E-state index contributed by atoms with van der Waals surface area (Å²) in [7, 11) is 0. The first kappa shape index (κ1) is 21.3. The average Bonchev–Trinajstić information content (AvgIpc) is 3.62. The molecular weight excluding hydrogens is 390 g/mol. The molecule has 3 amide bonds. The maximum absolute atomic E-state index is 13.2. The quantitative estimate of drug-likeness (QED) is 0.780. The molecule has 2 aromatic rings. The van der Waals surface area contributed by atoms with Gasteiger partial charge in [-0.15, -0.1) is 0 Å². The van der Waals surface area contributed by atoms with Crippen LogP contribution in [0.5, 0.6) is 0 Å². The highest BCUT2D eigenvalue weighted by Crippen LogP contribution is 2.31. The van der Waals surface area contributed by atoms with Gasteiger partial charge in [-0.1, -0.05) is 56.3 Å². The number of carbonyl (C=O) groups is 3. The molecule has 4 rings (SSSR count). The van der Waals surface area contributed by atoms with Gasteiger partial charge < -0.3 is 15.1 Å². The Hall–Kier alpha value is -2.89. The first-order chi connectivity index (χ1) is 14.9. The Morgan fingerprint density at radius 2 is 1.58 bits per heavy atom. The number of carbonyl (C=O) groups excluding carboxylic acids is 3. The van der Waals surface area contributed by atoms with E-state index in [1.54, 1.807) is 4.90 Å².